The Balaban J connectivity index is 0.000000295. The molecule has 2 heterocycles. The van der Waals surface area contributed by atoms with Crippen molar-refractivity contribution in [2.24, 2.45) is 56.3 Å². The number of amides is 4. The van der Waals surface area contributed by atoms with Crippen molar-refractivity contribution >= 4 is 58.4 Å². The fourth-order valence-electron chi connectivity index (χ4n) is 12.4. The number of hydrogen-bond acceptors (Lipinski definition) is 9. The van der Waals surface area contributed by atoms with Gasteiger partial charge in [-0.1, -0.05) is 140 Å². The monoisotopic (exact) mass is 1100 g/mol. The van der Waals surface area contributed by atoms with E-state index in [0.717, 1.165) is 85.3 Å². The van der Waals surface area contributed by atoms with Crippen molar-refractivity contribution in [3.8, 4) is 0 Å². The van der Waals surface area contributed by atoms with E-state index >= 15 is 0 Å². The topological polar surface area (TPSA) is 187 Å². The molecule has 0 aromatic heterocycles. The number of nitrogens with zero attached hydrogens (tertiary/aromatic N) is 4. The number of carboxylic acids is 1. The van der Waals surface area contributed by atoms with E-state index in [2.05, 4.69) is 36.9 Å². The largest absolute Gasteiger partial charge is 0.481 e. The maximum absolute atomic E-state index is 14.4. The number of fused-ring (bicyclic) bond motifs is 2. The third-order valence-electron chi connectivity index (χ3n) is 16.4. The van der Waals surface area contributed by atoms with Crippen LogP contribution in [0.2, 0.25) is 0 Å². The Morgan fingerprint density at radius 3 is 1.26 bits per heavy atom. The lowest BCUT2D eigenvalue weighted by molar-refractivity contribution is -0.174. The summed E-state index contributed by atoms with van der Waals surface area (Å²) in [7, 11) is 3.44. The molecule has 0 saturated heterocycles. The summed E-state index contributed by atoms with van der Waals surface area (Å²) < 4.78 is 5.90. The van der Waals surface area contributed by atoms with Crippen molar-refractivity contribution in [1.29, 1.82) is 0 Å². The third kappa shape index (κ3) is 15.7. The van der Waals surface area contributed by atoms with E-state index in [4.69, 9.17) is 14.7 Å². The first-order chi connectivity index (χ1) is 38.0. The van der Waals surface area contributed by atoms with Crippen LogP contribution in [-0.2, 0) is 33.5 Å². The number of benzene rings is 2. The summed E-state index contributed by atoms with van der Waals surface area (Å²) >= 11 is 0. The van der Waals surface area contributed by atoms with Crippen molar-refractivity contribution in [3.05, 3.63) is 110 Å². The quantitative estimate of drug-likeness (QED) is 0.0590. The highest BCUT2D eigenvalue weighted by atomic mass is 16.6. The van der Waals surface area contributed by atoms with E-state index in [1.807, 2.05) is 97.0 Å². The molecule has 2 aliphatic carbocycles. The molecule has 2 aliphatic heterocycles. The van der Waals surface area contributed by atoms with Gasteiger partial charge in [0.1, 0.15) is 5.60 Å². The predicted octanol–water partition coefficient (Wildman–Crippen LogP) is 12.8. The van der Waals surface area contributed by atoms with Gasteiger partial charge in [0.05, 0.1) is 45.5 Å². The molecule has 2 aromatic rings. The van der Waals surface area contributed by atoms with Gasteiger partial charge in [0.2, 0.25) is 24.1 Å². The summed E-state index contributed by atoms with van der Waals surface area (Å²) in [6, 6.07) is 15.6. The predicted molar refractivity (Wildman–Crippen MR) is 323 cm³/mol. The van der Waals surface area contributed by atoms with E-state index in [1.165, 1.54) is 25.7 Å². The fourth-order valence-corrected chi connectivity index (χ4v) is 12.4. The van der Waals surface area contributed by atoms with E-state index in [1.54, 1.807) is 48.2 Å². The number of ether oxygens (including phenoxy) is 1. The molecule has 0 bridgehead atoms. The van der Waals surface area contributed by atoms with Gasteiger partial charge >= 0.3 is 11.9 Å². The molecule has 80 heavy (non-hydrogen) atoms. The number of hydrogen-bond donors (Lipinski definition) is 3. The summed E-state index contributed by atoms with van der Waals surface area (Å²) in [5.41, 5.74) is 1.79. The summed E-state index contributed by atoms with van der Waals surface area (Å²) in [5, 5.41) is 16.2. The summed E-state index contributed by atoms with van der Waals surface area (Å²) in [5.74, 6) is -4.17. The lowest BCUT2D eigenvalue weighted by Crippen LogP contribution is -2.53. The van der Waals surface area contributed by atoms with Crippen molar-refractivity contribution in [1.82, 2.24) is 10.6 Å². The molecule has 2 aromatic carbocycles. The van der Waals surface area contributed by atoms with Gasteiger partial charge < -0.3 is 30.3 Å². The minimum Gasteiger partial charge on any atom is -0.481 e. The number of rotatable bonds is 22. The molecule has 0 spiro atoms. The van der Waals surface area contributed by atoms with Gasteiger partial charge in [-0.05, 0) is 109 Å². The molecule has 436 valence electrons. The normalized spacial score (nSPS) is 19.4. The maximum Gasteiger partial charge on any atom is 0.314 e. The lowest BCUT2D eigenvalue weighted by Gasteiger charge is -2.39. The Hall–Kier alpha value is -6.44. The van der Waals surface area contributed by atoms with E-state index in [-0.39, 0.29) is 67.1 Å². The molecule has 6 rings (SSSR count). The van der Waals surface area contributed by atoms with Crippen LogP contribution in [0.25, 0.3) is 0 Å². The Labute approximate surface area is 478 Å². The van der Waals surface area contributed by atoms with Crippen molar-refractivity contribution in [2.45, 2.75) is 182 Å². The number of carbonyl (C=O) groups is 6. The number of carboxylic acid groups (broad SMARTS) is 1. The van der Waals surface area contributed by atoms with Gasteiger partial charge in [-0.3, -0.25) is 38.8 Å². The number of anilines is 2. The van der Waals surface area contributed by atoms with Gasteiger partial charge in [0, 0.05) is 37.1 Å². The number of aliphatic imine (C=N–C) groups is 2. The van der Waals surface area contributed by atoms with Crippen LogP contribution in [0.4, 0.5) is 11.4 Å². The molecule has 3 N–H and O–H groups in total. The Bertz CT molecular complexity index is 2570. The number of nitrogens with one attached hydrogen (secondary N) is 2. The molecule has 2 unspecified atom stereocenters. The van der Waals surface area contributed by atoms with Gasteiger partial charge in [0.25, 0.3) is 11.8 Å². The molecular weight excluding hydrogens is 1000 g/mol. The zero-order chi connectivity index (χ0) is 59.0. The zero-order valence-corrected chi connectivity index (χ0v) is 49.7. The van der Waals surface area contributed by atoms with Gasteiger partial charge in [-0.25, -0.2) is 0 Å². The number of carbonyl (C=O) groups excluding carboxylic acids is 5. The van der Waals surface area contributed by atoms with Crippen molar-refractivity contribution in [2.75, 3.05) is 23.9 Å². The van der Waals surface area contributed by atoms with E-state index in [9.17, 15) is 33.9 Å². The summed E-state index contributed by atoms with van der Waals surface area (Å²) in [6.45, 7) is 28.7. The number of benzodiazepines with no additional fused rings is 2. The molecule has 0 radical (unpaired) electrons. The Morgan fingerprint density at radius 1 is 0.600 bits per heavy atom. The number of allylic oxidation sites excluding steroid dienone is 4. The van der Waals surface area contributed by atoms with Crippen LogP contribution in [0, 0.1) is 46.3 Å². The van der Waals surface area contributed by atoms with Crippen molar-refractivity contribution in [3.63, 3.8) is 0 Å². The zero-order valence-electron chi connectivity index (χ0n) is 49.7. The van der Waals surface area contributed by atoms with Crippen LogP contribution in [0.15, 0.2) is 109 Å². The van der Waals surface area contributed by atoms with Crippen molar-refractivity contribution < 1.29 is 38.6 Å². The van der Waals surface area contributed by atoms with Gasteiger partial charge in [0.15, 0.2) is 0 Å². The van der Waals surface area contributed by atoms with Crippen LogP contribution in [0.1, 0.15) is 175 Å². The first-order valence-electron chi connectivity index (χ1n) is 29.4. The second-order valence-corrected chi connectivity index (χ2v) is 24.5. The Morgan fingerprint density at radius 2 is 0.938 bits per heavy atom. The Kier molecular flexibility index (Phi) is 23.6. The maximum atomic E-state index is 14.4. The number of esters is 1. The molecule has 2 fully saturated rings. The molecular formula is C66H94N6O8. The summed E-state index contributed by atoms with van der Waals surface area (Å²) in [6.07, 6.45) is 18.8. The van der Waals surface area contributed by atoms with E-state index in [0.29, 0.717) is 12.8 Å². The van der Waals surface area contributed by atoms with E-state index < -0.39 is 58.4 Å². The second kappa shape index (κ2) is 29.3. The smallest absolute Gasteiger partial charge is 0.314 e. The molecule has 4 aliphatic rings. The number of para-hydroxylation sites is 2. The number of aliphatic carboxylic acids is 1. The number of likely N-dealkylation sites (N-methyl/N-ethyl adjacent to an activating group) is 2. The highest BCUT2D eigenvalue weighted by Crippen LogP contribution is 2.44. The third-order valence-corrected chi connectivity index (χ3v) is 16.4. The second-order valence-electron chi connectivity index (χ2n) is 24.5. The standard InChI is InChI=1S/C35H51N3O4.C31H43N3O4/c1-9-21-35(22-10-2,33(41)42-34(5,6)7)27(23-24(3)4)31(39)37-30-32(40)38(8)28-20-16-15-19-26(28)29(36-30)25-17-13-11-12-14-18-25;1-6-18-31(19-7-2,30(37)38)24(20-21(3)4)28(35)33-27-29(36)34(5)25-17-13-12-16-23(25)26(32-27)22-14-10-8-9-11-15-22/h9-10,15-16,19-20,24-25,27,30H,1-2,11-14,17-18,21-23H2,3-8H3,(H,37,39);6-7,12-13,16-17,21-22,24,27H,1-2,8-11,14-15,18-20H2,3-5H3,(H,33,35)(H,37,38)/t27-,30?;24-,27?/m00/s1. The van der Waals surface area contributed by atoms with Crippen LogP contribution in [0.3, 0.4) is 0 Å². The van der Waals surface area contributed by atoms with Crippen LogP contribution in [0.5, 0.6) is 0 Å². The average Bonchev–Trinajstić information content (AvgIpc) is 4.07. The molecule has 14 nitrogen and oxygen atoms in total. The summed E-state index contributed by atoms with van der Waals surface area (Å²) in [4.78, 5) is 95.5. The SMILES string of the molecule is C=CCC(CC=C)(C(=O)O)[C@@H](CC(C)C)C(=O)NC1N=C(C2CCCCCC2)c2ccccc2N(C)C1=O.C=CCC(CC=C)(C(=O)OC(C)(C)C)[C@@H](CC(C)C)C(=O)NC1N=C(C2CCCCCC2)c2ccccc2N(C)C1=O. The minimum absolute atomic E-state index is 0.0564. The molecule has 2 saturated carbocycles. The fraction of sp³-hybridized carbons (Fsp3) is 0.576. The van der Waals surface area contributed by atoms with Crippen LogP contribution in [-0.4, -0.2) is 84.1 Å². The van der Waals surface area contributed by atoms with Gasteiger partial charge in [-0.2, -0.15) is 0 Å². The lowest BCUT2D eigenvalue weighted by atomic mass is 9.67. The van der Waals surface area contributed by atoms with Gasteiger partial charge in [-0.15, -0.1) is 26.3 Å². The average molecular weight is 1100 g/mol. The highest BCUT2D eigenvalue weighted by molar-refractivity contribution is 6.15. The molecule has 14 heteroatoms. The molecule has 4 atom stereocenters. The minimum atomic E-state index is -1.41. The first-order valence-corrected chi connectivity index (χ1v) is 29.4. The molecule has 4 amide bonds. The van der Waals surface area contributed by atoms with Crippen LogP contribution < -0.4 is 20.4 Å². The first kappa shape index (κ1) is 64.4. The van der Waals surface area contributed by atoms with Crippen LogP contribution >= 0.6 is 0 Å². The highest BCUT2D eigenvalue weighted by Gasteiger charge is 2.51.